The van der Waals surface area contributed by atoms with Crippen LogP contribution in [0.1, 0.15) is 12.8 Å². The third-order valence-electron chi connectivity index (χ3n) is 1.75. The summed E-state index contributed by atoms with van der Waals surface area (Å²) in [6.07, 6.45) is 0.511. The maximum atomic E-state index is 12.5. The van der Waals surface area contributed by atoms with E-state index in [1.165, 1.54) is 0 Å². The quantitative estimate of drug-likeness (QED) is 0.573. The molecule has 0 aromatic carbocycles. The first-order chi connectivity index (χ1) is 4.83. The SMILES string of the molecule is N#CCCN1CC[C@@H](F)C1. The highest BCUT2D eigenvalue weighted by Gasteiger charge is 2.20. The van der Waals surface area contributed by atoms with Crippen LogP contribution in [0.3, 0.4) is 0 Å². The van der Waals surface area contributed by atoms with Gasteiger partial charge < -0.3 is 0 Å². The van der Waals surface area contributed by atoms with Gasteiger partial charge in [-0.15, -0.1) is 0 Å². The monoisotopic (exact) mass is 142 g/mol. The van der Waals surface area contributed by atoms with Crippen LogP contribution < -0.4 is 0 Å². The first-order valence-electron chi connectivity index (χ1n) is 3.56. The van der Waals surface area contributed by atoms with Gasteiger partial charge in [-0.05, 0) is 6.42 Å². The Kier molecular flexibility index (Phi) is 2.64. The molecule has 10 heavy (non-hydrogen) atoms. The zero-order valence-electron chi connectivity index (χ0n) is 5.89. The second kappa shape index (κ2) is 3.52. The molecule has 0 aromatic heterocycles. The summed E-state index contributed by atoms with van der Waals surface area (Å²) < 4.78 is 12.5. The van der Waals surface area contributed by atoms with E-state index in [0.29, 0.717) is 19.4 Å². The molecular weight excluding hydrogens is 131 g/mol. The Hall–Kier alpha value is -0.620. The third kappa shape index (κ3) is 1.96. The Morgan fingerprint density at radius 1 is 1.70 bits per heavy atom. The van der Waals surface area contributed by atoms with Crippen molar-refractivity contribution in [3.63, 3.8) is 0 Å². The van der Waals surface area contributed by atoms with Crippen molar-refractivity contribution in [3.8, 4) is 6.07 Å². The minimum Gasteiger partial charge on any atom is -0.299 e. The standard InChI is InChI=1S/C7H11FN2/c8-7-2-5-10(6-7)4-1-3-9/h7H,1-2,4-6H2/t7-/m1/s1. The van der Waals surface area contributed by atoms with E-state index in [0.717, 1.165) is 13.1 Å². The number of rotatable bonds is 2. The van der Waals surface area contributed by atoms with Gasteiger partial charge in [0.25, 0.3) is 0 Å². The van der Waals surface area contributed by atoms with Crippen LogP contribution in [0.2, 0.25) is 0 Å². The molecule has 0 amide bonds. The van der Waals surface area contributed by atoms with Crippen molar-refractivity contribution in [3.05, 3.63) is 0 Å². The molecule has 1 aliphatic rings. The average Bonchev–Trinajstić information content (AvgIpc) is 2.31. The summed E-state index contributed by atoms with van der Waals surface area (Å²) in [7, 11) is 0. The molecule has 0 bridgehead atoms. The molecule has 1 heterocycles. The van der Waals surface area contributed by atoms with Crippen LogP contribution in [0.4, 0.5) is 4.39 Å². The summed E-state index contributed by atoms with van der Waals surface area (Å²) in [4.78, 5) is 1.99. The van der Waals surface area contributed by atoms with Gasteiger partial charge in [-0.2, -0.15) is 5.26 Å². The van der Waals surface area contributed by atoms with Gasteiger partial charge in [-0.25, -0.2) is 4.39 Å². The number of hydrogen-bond donors (Lipinski definition) is 0. The lowest BCUT2D eigenvalue weighted by atomic mass is 10.3. The maximum absolute atomic E-state index is 12.5. The fourth-order valence-electron chi connectivity index (χ4n) is 1.20. The van der Waals surface area contributed by atoms with Crippen LogP contribution in [0.15, 0.2) is 0 Å². The summed E-state index contributed by atoms with van der Waals surface area (Å²) in [6.45, 7) is 2.08. The van der Waals surface area contributed by atoms with Crippen molar-refractivity contribution in [2.45, 2.75) is 19.0 Å². The number of alkyl halides is 1. The van der Waals surface area contributed by atoms with E-state index in [4.69, 9.17) is 5.26 Å². The van der Waals surface area contributed by atoms with Gasteiger partial charge in [0.2, 0.25) is 0 Å². The van der Waals surface area contributed by atoms with Gasteiger partial charge in [0.15, 0.2) is 0 Å². The van der Waals surface area contributed by atoms with Crippen molar-refractivity contribution in [2.75, 3.05) is 19.6 Å². The van der Waals surface area contributed by atoms with Crippen LogP contribution >= 0.6 is 0 Å². The van der Waals surface area contributed by atoms with Crippen LogP contribution in [0, 0.1) is 11.3 Å². The first kappa shape index (κ1) is 7.49. The van der Waals surface area contributed by atoms with E-state index in [1.54, 1.807) is 0 Å². The molecule has 0 N–H and O–H groups in total. The molecule has 3 heteroatoms. The van der Waals surface area contributed by atoms with Crippen molar-refractivity contribution < 1.29 is 4.39 Å². The molecule has 2 nitrogen and oxygen atoms in total. The lowest BCUT2D eigenvalue weighted by Crippen LogP contribution is -2.21. The van der Waals surface area contributed by atoms with Gasteiger partial charge in [-0.3, -0.25) is 4.90 Å². The van der Waals surface area contributed by atoms with E-state index in [9.17, 15) is 4.39 Å². The predicted molar refractivity (Wildman–Crippen MR) is 36.2 cm³/mol. The minimum absolute atomic E-state index is 0.521. The Bertz CT molecular complexity index is 141. The Morgan fingerprint density at radius 2 is 2.50 bits per heavy atom. The zero-order valence-corrected chi connectivity index (χ0v) is 5.89. The molecule has 1 aliphatic heterocycles. The minimum atomic E-state index is -0.654. The molecular formula is C7H11FN2. The van der Waals surface area contributed by atoms with E-state index >= 15 is 0 Å². The van der Waals surface area contributed by atoms with Crippen LogP contribution in [0.25, 0.3) is 0 Å². The number of likely N-dealkylation sites (tertiary alicyclic amines) is 1. The summed E-state index contributed by atoms with van der Waals surface area (Å²) in [6, 6.07) is 2.05. The molecule has 0 aromatic rings. The molecule has 0 radical (unpaired) electrons. The van der Waals surface area contributed by atoms with Crippen molar-refractivity contribution in [1.82, 2.24) is 4.90 Å². The fourth-order valence-corrected chi connectivity index (χ4v) is 1.20. The second-order valence-electron chi connectivity index (χ2n) is 2.59. The van der Waals surface area contributed by atoms with Gasteiger partial charge >= 0.3 is 0 Å². The highest BCUT2D eigenvalue weighted by Crippen LogP contribution is 2.11. The fraction of sp³-hybridized carbons (Fsp3) is 0.857. The van der Waals surface area contributed by atoms with Crippen molar-refractivity contribution >= 4 is 0 Å². The second-order valence-corrected chi connectivity index (χ2v) is 2.59. The normalized spacial score (nSPS) is 26.6. The molecule has 1 fully saturated rings. The molecule has 0 aliphatic carbocycles. The number of hydrogen-bond acceptors (Lipinski definition) is 2. The molecule has 0 saturated carbocycles. The number of halogens is 1. The van der Waals surface area contributed by atoms with Crippen molar-refractivity contribution in [2.24, 2.45) is 0 Å². The summed E-state index contributed by atoms with van der Waals surface area (Å²) >= 11 is 0. The zero-order chi connectivity index (χ0) is 7.40. The summed E-state index contributed by atoms with van der Waals surface area (Å²) in [5, 5.41) is 8.22. The topological polar surface area (TPSA) is 27.0 Å². The summed E-state index contributed by atoms with van der Waals surface area (Å²) in [5.74, 6) is 0. The molecule has 56 valence electrons. The van der Waals surface area contributed by atoms with Crippen LogP contribution in [0.5, 0.6) is 0 Å². The molecule has 0 spiro atoms. The Balaban J connectivity index is 2.14. The predicted octanol–water partition coefficient (Wildman–Crippen LogP) is 0.944. The third-order valence-corrected chi connectivity index (χ3v) is 1.75. The van der Waals surface area contributed by atoms with Gasteiger partial charge in [-0.1, -0.05) is 0 Å². The Labute approximate surface area is 60.2 Å². The van der Waals surface area contributed by atoms with E-state index in [-0.39, 0.29) is 0 Å². The molecule has 1 atom stereocenters. The summed E-state index contributed by atoms with van der Waals surface area (Å²) in [5.41, 5.74) is 0. The molecule has 1 saturated heterocycles. The lowest BCUT2D eigenvalue weighted by molar-refractivity contribution is 0.292. The maximum Gasteiger partial charge on any atom is 0.114 e. The van der Waals surface area contributed by atoms with Crippen molar-refractivity contribution in [1.29, 1.82) is 5.26 Å². The smallest absolute Gasteiger partial charge is 0.114 e. The van der Waals surface area contributed by atoms with Gasteiger partial charge in [0, 0.05) is 26.1 Å². The number of nitriles is 1. The van der Waals surface area contributed by atoms with Gasteiger partial charge in [0.05, 0.1) is 6.07 Å². The number of nitrogens with zero attached hydrogens (tertiary/aromatic N) is 2. The van der Waals surface area contributed by atoms with Crippen LogP contribution in [-0.2, 0) is 0 Å². The van der Waals surface area contributed by atoms with E-state index in [1.807, 2.05) is 11.0 Å². The highest BCUT2D eigenvalue weighted by molar-refractivity contribution is 4.78. The molecule has 0 unspecified atom stereocenters. The van der Waals surface area contributed by atoms with E-state index < -0.39 is 6.17 Å². The Morgan fingerprint density at radius 3 is 3.00 bits per heavy atom. The molecule has 1 rings (SSSR count). The average molecular weight is 142 g/mol. The van der Waals surface area contributed by atoms with E-state index in [2.05, 4.69) is 0 Å². The van der Waals surface area contributed by atoms with Crippen LogP contribution in [-0.4, -0.2) is 30.7 Å². The first-order valence-corrected chi connectivity index (χ1v) is 3.56. The van der Waals surface area contributed by atoms with Gasteiger partial charge in [0.1, 0.15) is 6.17 Å². The lowest BCUT2D eigenvalue weighted by Gasteiger charge is -2.10. The highest BCUT2D eigenvalue weighted by atomic mass is 19.1. The largest absolute Gasteiger partial charge is 0.299 e.